The van der Waals surface area contributed by atoms with Gasteiger partial charge in [0.1, 0.15) is 0 Å². The third kappa shape index (κ3) is 5.33. The van der Waals surface area contributed by atoms with Crippen LogP contribution in [-0.2, 0) is 4.74 Å². The Balaban J connectivity index is 0.00000240. The molecule has 0 saturated carbocycles. The van der Waals surface area contributed by atoms with Crippen LogP contribution in [0.5, 0.6) is 0 Å². The first-order valence-electron chi connectivity index (χ1n) is 8.96. The fourth-order valence-electron chi connectivity index (χ4n) is 3.10. The quantitative estimate of drug-likeness (QED) is 0.405. The van der Waals surface area contributed by atoms with E-state index in [2.05, 4.69) is 39.2 Å². The van der Waals surface area contributed by atoms with Crippen molar-refractivity contribution in [2.75, 3.05) is 50.5 Å². The second kappa shape index (κ2) is 10.6. The van der Waals surface area contributed by atoms with Crippen LogP contribution in [0.1, 0.15) is 9.67 Å². The Bertz CT molecular complexity index is 975. The summed E-state index contributed by atoms with van der Waals surface area (Å²) in [6, 6.07) is 9.99. The van der Waals surface area contributed by atoms with Gasteiger partial charge in [0.25, 0.3) is 5.91 Å². The Labute approximate surface area is 197 Å². The lowest BCUT2D eigenvalue weighted by atomic mass is 10.3. The maximum Gasteiger partial charge on any atom is 0.270 e. The van der Waals surface area contributed by atoms with Gasteiger partial charge in [0.15, 0.2) is 5.13 Å². The summed E-state index contributed by atoms with van der Waals surface area (Å²) in [4.78, 5) is 24.2. The highest BCUT2D eigenvalue weighted by molar-refractivity contribution is 9.11. The summed E-state index contributed by atoms with van der Waals surface area (Å²) < 4.78 is 7.50. The third-order valence-corrected chi connectivity index (χ3v) is 8.02. The predicted octanol–water partition coefficient (Wildman–Crippen LogP) is 5.24. The number of thioether (sulfide) groups is 1. The fraction of sp³-hybridized carbons (Fsp3) is 0.368. The highest BCUT2D eigenvalue weighted by Crippen LogP contribution is 2.35. The van der Waals surface area contributed by atoms with Crippen LogP contribution in [0.2, 0.25) is 0 Å². The van der Waals surface area contributed by atoms with Crippen LogP contribution in [0, 0.1) is 0 Å². The average molecular weight is 535 g/mol. The van der Waals surface area contributed by atoms with E-state index in [1.165, 1.54) is 11.3 Å². The van der Waals surface area contributed by atoms with E-state index < -0.39 is 0 Å². The molecule has 3 heterocycles. The van der Waals surface area contributed by atoms with E-state index in [1.807, 2.05) is 23.1 Å². The molecule has 4 rings (SSSR count). The predicted molar refractivity (Wildman–Crippen MR) is 130 cm³/mol. The van der Waals surface area contributed by atoms with Gasteiger partial charge in [-0.2, -0.15) is 0 Å². The Morgan fingerprint density at radius 2 is 2.07 bits per heavy atom. The lowest BCUT2D eigenvalue weighted by Crippen LogP contribution is -2.43. The van der Waals surface area contributed by atoms with Crippen LogP contribution in [-0.4, -0.2) is 61.4 Å². The van der Waals surface area contributed by atoms with Gasteiger partial charge in [-0.3, -0.25) is 14.6 Å². The smallest absolute Gasteiger partial charge is 0.270 e. The molecule has 1 fully saturated rings. The number of carbonyl (C=O) groups is 1. The van der Waals surface area contributed by atoms with Crippen molar-refractivity contribution in [1.29, 1.82) is 0 Å². The van der Waals surface area contributed by atoms with Crippen molar-refractivity contribution in [3.8, 4) is 0 Å². The number of rotatable bonds is 6. The topological polar surface area (TPSA) is 45.7 Å². The first kappa shape index (κ1) is 23.0. The molecule has 1 aliphatic rings. The Morgan fingerprint density at radius 1 is 1.28 bits per heavy atom. The van der Waals surface area contributed by atoms with E-state index in [0.29, 0.717) is 6.54 Å². The number of morpholine rings is 1. The number of hydrogen-bond donors (Lipinski definition) is 0. The number of thiophene rings is 1. The fourth-order valence-corrected chi connectivity index (χ4v) is 6.08. The lowest BCUT2D eigenvalue weighted by Gasteiger charge is -2.29. The first-order valence-corrected chi connectivity index (χ1v) is 12.6. The number of thiazole rings is 1. The van der Waals surface area contributed by atoms with Gasteiger partial charge in [-0.15, -0.1) is 35.5 Å². The van der Waals surface area contributed by atoms with Crippen LogP contribution in [0.15, 0.2) is 39.0 Å². The van der Waals surface area contributed by atoms with E-state index in [9.17, 15) is 4.79 Å². The standard InChI is InChI=1S/C19H20BrN3O2S3.ClH/c1-26-13-3-2-4-14-17(13)21-19(28-14)23(8-7-22-9-11-25-12-10-22)18(24)15-5-6-16(20)27-15;/h2-6H,7-12H2,1H3;1H. The number of ether oxygens (including phenoxy) is 1. The number of halogens is 2. The molecule has 1 amide bonds. The van der Waals surface area contributed by atoms with Gasteiger partial charge in [-0.25, -0.2) is 4.98 Å². The lowest BCUT2D eigenvalue weighted by molar-refractivity contribution is 0.0391. The van der Waals surface area contributed by atoms with Crippen LogP contribution in [0.4, 0.5) is 5.13 Å². The Morgan fingerprint density at radius 3 is 2.76 bits per heavy atom. The van der Waals surface area contributed by atoms with Gasteiger partial charge in [0.2, 0.25) is 0 Å². The normalized spacial score (nSPS) is 14.7. The third-order valence-electron chi connectivity index (χ3n) is 4.59. The summed E-state index contributed by atoms with van der Waals surface area (Å²) in [7, 11) is 0. The molecule has 1 saturated heterocycles. The molecule has 0 N–H and O–H groups in total. The van der Waals surface area contributed by atoms with Crippen LogP contribution >= 0.6 is 62.8 Å². The molecule has 0 spiro atoms. The first-order chi connectivity index (χ1) is 13.7. The summed E-state index contributed by atoms with van der Waals surface area (Å²) >= 11 is 8.19. The zero-order valence-electron chi connectivity index (χ0n) is 15.8. The number of fused-ring (bicyclic) bond motifs is 1. The van der Waals surface area contributed by atoms with Crippen LogP contribution < -0.4 is 4.90 Å². The SMILES string of the molecule is CSc1cccc2sc(N(CCN3CCOCC3)C(=O)c3ccc(Br)s3)nc12.Cl. The molecule has 10 heteroatoms. The number of para-hydroxylation sites is 1. The molecule has 0 radical (unpaired) electrons. The molecule has 0 aliphatic carbocycles. The number of carbonyl (C=O) groups excluding carboxylic acids is 1. The minimum atomic E-state index is 0. The van der Waals surface area contributed by atoms with E-state index >= 15 is 0 Å². The molecule has 0 atom stereocenters. The van der Waals surface area contributed by atoms with Crippen LogP contribution in [0.3, 0.4) is 0 Å². The largest absolute Gasteiger partial charge is 0.379 e. The van der Waals surface area contributed by atoms with Gasteiger partial charge in [-0.05, 0) is 46.5 Å². The van der Waals surface area contributed by atoms with E-state index in [-0.39, 0.29) is 18.3 Å². The maximum atomic E-state index is 13.3. The Hall–Kier alpha value is -0.680. The van der Waals surface area contributed by atoms with Crippen molar-refractivity contribution in [3.63, 3.8) is 0 Å². The molecule has 2 aromatic heterocycles. The zero-order chi connectivity index (χ0) is 19.5. The van der Waals surface area contributed by atoms with Crippen LogP contribution in [0.25, 0.3) is 10.2 Å². The zero-order valence-corrected chi connectivity index (χ0v) is 20.7. The summed E-state index contributed by atoms with van der Waals surface area (Å²) in [6.45, 7) is 4.75. The van der Waals surface area contributed by atoms with E-state index in [0.717, 1.165) is 61.8 Å². The summed E-state index contributed by atoms with van der Waals surface area (Å²) in [5.41, 5.74) is 0.978. The van der Waals surface area contributed by atoms with Crippen molar-refractivity contribution < 1.29 is 9.53 Å². The van der Waals surface area contributed by atoms with Crippen molar-refractivity contribution in [3.05, 3.63) is 39.0 Å². The highest BCUT2D eigenvalue weighted by Gasteiger charge is 2.24. The van der Waals surface area contributed by atoms with Gasteiger partial charge in [-0.1, -0.05) is 17.4 Å². The number of amides is 1. The summed E-state index contributed by atoms with van der Waals surface area (Å²) in [6.07, 6.45) is 2.05. The average Bonchev–Trinajstić information content (AvgIpc) is 3.34. The number of aromatic nitrogens is 1. The summed E-state index contributed by atoms with van der Waals surface area (Å²) in [5.74, 6) is 0.00807. The molecule has 0 unspecified atom stereocenters. The molecule has 156 valence electrons. The molecule has 29 heavy (non-hydrogen) atoms. The summed E-state index contributed by atoms with van der Waals surface area (Å²) in [5, 5.41) is 0.763. The number of hydrogen-bond acceptors (Lipinski definition) is 7. The highest BCUT2D eigenvalue weighted by atomic mass is 79.9. The molecular formula is C19H21BrClN3O2S3. The molecule has 1 aliphatic heterocycles. The molecule has 0 bridgehead atoms. The second-order valence-electron chi connectivity index (χ2n) is 6.32. The maximum absolute atomic E-state index is 13.3. The number of benzene rings is 1. The van der Waals surface area contributed by atoms with E-state index in [1.54, 1.807) is 23.1 Å². The molecule has 1 aromatic carbocycles. The number of nitrogens with zero attached hydrogens (tertiary/aromatic N) is 3. The Kier molecular flexibility index (Phi) is 8.38. The molecular weight excluding hydrogens is 514 g/mol. The van der Waals surface area contributed by atoms with Gasteiger partial charge >= 0.3 is 0 Å². The van der Waals surface area contributed by atoms with Crippen molar-refractivity contribution in [1.82, 2.24) is 9.88 Å². The number of anilines is 1. The van der Waals surface area contributed by atoms with Crippen molar-refractivity contribution in [2.45, 2.75) is 4.90 Å². The molecule has 5 nitrogen and oxygen atoms in total. The van der Waals surface area contributed by atoms with Gasteiger partial charge in [0.05, 0.1) is 32.1 Å². The molecule has 3 aromatic rings. The van der Waals surface area contributed by atoms with E-state index in [4.69, 9.17) is 9.72 Å². The van der Waals surface area contributed by atoms with Gasteiger partial charge < -0.3 is 4.74 Å². The van der Waals surface area contributed by atoms with Crippen molar-refractivity contribution in [2.24, 2.45) is 0 Å². The minimum Gasteiger partial charge on any atom is -0.379 e. The van der Waals surface area contributed by atoms with Crippen molar-refractivity contribution >= 4 is 84.0 Å². The van der Waals surface area contributed by atoms with Gasteiger partial charge in [0, 0.05) is 31.1 Å². The monoisotopic (exact) mass is 533 g/mol. The minimum absolute atomic E-state index is 0. The second-order valence-corrected chi connectivity index (χ2v) is 10.6.